The van der Waals surface area contributed by atoms with Crippen molar-refractivity contribution in [2.45, 2.75) is 38.7 Å². The smallest absolute Gasteiger partial charge is 0.410 e. The van der Waals surface area contributed by atoms with Crippen molar-refractivity contribution < 1.29 is 9.53 Å². The van der Waals surface area contributed by atoms with Gasteiger partial charge in [-0.25, -0.2) is 4.79 Å². The van der Waals surface area contributed by atoms with Gasteiger partial charge in [-0.3, -0.25) is 0 Å². The molecule has 136 valence electrons. The third-order valence-electron chi connectivity index (χ3n) is 4.17. The fourth-order valence-electron chi connectivity index (χ4n) is 2.59. The van der Waals surface area contributed by atoms with Crippen LogP contribution >= 0.6 is 0 Å². The molecule has 0 aliphatic carbocycles. The van der Waals surface area contributed by atoms with E-state index >= 15 is 0 Å². The van der Waals surface area contributed by atoms with Gasteiger partial charge in [0.15, 0.2) is 0 Å². The number of hydrogen-bond donors (Lipinski definition) is 0. The van der Waals surface area contributed by atoms with Crippen molar-refractivity contribution in [3.63, 3.8) is 0 Å². The van der Waals surface area contributed by atoms with Crippen LogP contribution in [-0.2, 0) is 17.7 Å². The van der Waals surface area contributed by atoms with Crippen LogP contribution in [0.25, 0.3) is 0 Å². The van der Waals surface area contributed by atoms with Gasteiger partial charge in [0.25, 0.3) is 0 Å². The van der Waals surface area contributed by atoms with Gasteiger partial charge < -0.3 is 9.64 Å². The molecule has 0 atom stereocenters. The molecule has 0 aliphatic rings. The Balaban J connectivity index is 1.99. The minimum atomic E-state index is -1.22. The second kappa shape index (κ2) is 9.62. The molecular formula is C21H28BNO2Si. The molecule has 2 rings (SSSR count). The highest BCUT2D eigenvalue weighted by Gasteiger charge is 2.18. The maximum absolute atomic E-state index is 12.6. The Hall–Kier alpha value is -2.01. The van der Waals surface area contributed by atoms with Gasteiger partial charge in [-0.2, -0.15) is 0 Å². The molecule has 5 heteroatoms. The first-order valence-electron chi connectivity index (χ1n) is 9.13. The summed E-state index contributed by atoms with van der Waals surface area (Å²) in [7, 11) is 4.63. The van der Waals surface area contributed by atoms with Crippen molar-refractivity contribution in [3.8, 4) is 0 Å². The van der Waals surface area contributed by atoms with E-state index in [4.69, 9.17) is 12.6 Å². The van der Waals surface area contributed by atoms with Gasteiger partial charge in [0.05, 0.1) is 6.61 Å². The number of carbonyl (C=O) groups is 1. The largest absolute Gasteiger partial charge is 0.450 e. The fraction of sp³-hybridized carbons (Fsp3) is 0.381. The van der Waals surface area contributed by atoms with Crippen LogP contribution in [-0.4, -0.2) is 40.1 Å². The molecule has 0 bridgehead atoms. The third kappa shape index (κ3) is 7.48. The third-order valence-corrected chi connectivity index (χ3v) is 5.88. The van der Waals surface area contributed by atoms with E-state index in [9.17, 15) is 4.79 Å². The highest BCUT2D eigenvalue weighted by atomic mass is 28.3. The molecule has 0 aliphatic heterocycles. The van der Waals surface area contributed by atoms with E-state index in [0.29, 0.717) is 19.7 Å². The average Bonchev–Trinajstić information content (AvgIpc) is 2.58. The molecule has 2 radical (unpaired) electrons. The lowest BCUT2D eigenvalue weighted by molar-refractivity contribution is 0.105. The van der Waals surface area contributed by atoms with Crippen LogP contribution in [0.15, 0.2) is 54.6 Å². The SMILES string of the molecule is [B]c1cccc(CCN(Cc2ccccc2)C(=O)OCC[Si](C)(C)C)c1. The summed E-state index contributed by atoms with van der Waals surface area (Å²) in [6, 6.07) is 18.8. The molecule has 3 nitrogen and oxygen atoms in total. The number of nitrogens with zero attached hydrogens (tertiary/aromatic N) is 1. The van der Waals surface area contributed by atoms with E-state index in [1.165, 1.54) is 0 Å². The van der Waals surface area contributed by atoms with Gasteiger partial charge in [0.1, 0.15) is 7.85 Å². The highest BCUT2D eigenvalue weighted by molar-refractivity contribution is 6.76. The van der Waals surface area contributed by atoms with Crippen molar-refractivity contribution in [2.75, 3.05) is 13.2 Å². The van der Waals surface area contributed by atoms with Crippen molar-refractivity contribution >= 4 is 27.5 Å². The van der Waals surface area contributed by atoms with E-state index in [-0.39, 0.29) is 6.09 Å². The Morgan fingerprint density at radius 1 is 1.04 bits per heavy atom. The first-order chi connectivity index (χ1) is 12.3. The summed E-state index contributed by atoms with van der Waals surface area (Å²) in [5, 5.41) is 0. The molecule has 0 saturated heterocycles. The first kappa shape index (κ1) is 20.3. The first-order valence-corrected chi connectivity index (χ1v) is 12.8. The van der Waals surface area contributed by atoms with Crippen molar-refractivity contribution in [1.29, 1.82) is 0 Å². The van der Waals surface area contributed by atoms with Crippen LogP contribution in [0, 0.1) is 0 Å². The van der Waals surface area contributed by atoms with Gasteiger partial charge in [-0.05, 0) is 23.6 Å². The highest BCUT2D eigenvalue weighted by Crippen LogP contribution is 2.11. The number of rotatable bonds is 8. The van der Waals surface area contributed by atoms with Crippen LogP contribution in [0.1, 0.15) is 11.1 Å². The number of benzene rings is 2. The summed E-state index contributed by atoms with van der Waals surface area (Å²) >= 11 is 0. The Bertz CT molecular complexity index is 701. The molecule has 2 aromatic rings. The summed E-state index contributed by atoms with van der Waals surface area (Å²) in [5.74, 6) is 0. The van der Waals surface area contributed by atoms with E-state index in [2.05, 4.69) is 19.6 Å². The predicted molar refractivity (Wildman–Crippen MR) is 112 cm³/mol. The number of amides is 1. The number of ether oxygens (including phenoxy) is 1. The Labute approximate surface area is 159 Å². The lowest BCUT2D eigenvalue weighted by Crippen LogP contribution is -2.34. The minimum Gasteiger partial charge on any atom is -0.450 e. The summed E-state index contributed by atoms with van der Waals surface area (Å²) in [6.45, 7) is 8.49. The minimum absolute atomic E-state index is 0.240. The zero-order chi connectivity index (χ0) is 19.0. The molecule has 0 N–H and O–H groups in total. The second-order valence-electron chi connectivity index (χ2n) is 7.83. The quantitative estimate of drug-likeness (QED) is 0.662. The van der Waals surface area contributed by atoms with E-state index < -0.39 is 8.07 Å². The van der Waals surface area contributed by atoms with Crippen molar-refractivity contribution in [1.82, 2.24) is 4.90 Å². The zero-order valence-corrected chi connectivity index (χ0v) is 17.1. The maximum Gasteiger partial charge on any atom is 0.410 e. The molecule has 0 saturated carbocycles. The molecule has 0 spiro atoms. The van der Waals surface area contributed by atoms with E-state index in [1.54, 1.807) is 4.90 Å². The van der Waals surface area contributed by atoms with Gasteiger partial charge in [-0.1, -0.05) is 79.7 Å². The Morgan fingerprint density at radius 2 is 1.73 bits per heavy atom. The molecule has 0 aromatic heterocycles. The summed E-state index contributed by atoms with van der Waals surface area (Å²) in [4.78, 5) is 14.4. The zero-order valence-electron chi connectivity index (χ0n) is 16.1. The predicted octanol–water partition coefficient (Wildman–Crippen LogP) is 4.00. The monoisotopic (exact) mass is 365 g/mol. The van der Waals surface area contributed by atoms with Gasteiger partial charge in [0.2, 0.25) is 0 Å². The molecule has 1 amide bonds. The lowest BCUT2D eigenvalue weighted by atomic mass is 9.94. The van der Waals surface area contributed by atoms with Gasteiger partial charge in [0, 0.05) is 21.2 Å². The van der Waals surface area contributed by atoms with Crippen LogP contribution in [0.4, 0.5) is 4.79 Å². The normalized spacial score (nSPS) is 11.2. The summed E-state index contributed by atoms with van der Waals surface area (Å²) in [6.07, 6.45) is 0.511. The molecule has 26 heavy (non-hydrogen) atoms. The van der Waals surface area contributed by atoms with Crippen LogP contribution in [0.5, 0.6) is 0 Å². The van der Waals surface area contributed by atoms with Gasteiger partial charge >= 0.3 is 6.09 Å². The summed E-state index contributed by atoms with van der Waals surface area (Å²) in [5.41, 5.74) is 2.97. The van der Waals surface area contributed by atoms with E-state index in [0.717, 1.165) is 29.1 Å². The maximum atomic E-state index is 12.6. The van der Waals surface area contributed by atoms with Crippen LogP contribution in [0.2, 0.25) is 25.7 Å². The van der Waals surface area contributed by atoms with Gasteiger partial charge in [-0.15, -0.1) is 0 Å². The van der Waals surface area contributed by atoms with Crippen molar-refractivity contribution in [3.05, 3.63) is 65.7 Å². The average molecular weight is 365 g/mol. The Morgan fingerprint density at radius 3 is 2.38 bits per heavy atom. The second-order valence-corrected chi connectivity index (χ2v) is 13.4. The summed E-state index contributed by atoms with van der Waals surface area (Å²) < 4.78 is 5.56. The van der Waals surface area contributed by atoms with Crippen LogP contribution in [0.3, 0.4) is 0 Å². The standard InChI is InChI=1S/C21H28BNO2Si/c1-26(2,3)15-14-25-21(24)23(17-19-8-5-4-6-9-19)13-12-18-10-7-11-20(22)16-18/h4-11,16H,12-15,17H2,1-3H3. The van der Waals surface area contributed by atoms with Crippen LogP contribution < -0.4 is 5.46 Å². The fourth-order valence-corrected chi connectivity index (χ4v) is 3.30. The van der Waals surface area contributed by atoms with E-state index in [1.807, 2.05) is 54.6 Å². The number of hydrogen-bond acceptors (Lipinski definition) is 2. The number of carbonyl (C=O) groups excluding carboxylic acids is 1. The molecular weight excluding hydrogens is 337 g/mol. The molecule has 2 aromatic carbocycles. The molecule has 0 heterocycles. The molecule has 0 fully saturated rings. The topological polar surface area (TPSA) is 29.5 Å². The van der Waals surface area contributed by atoms with Crippen molar-refractivity contribution in [2.24, 2.45) is 0 Å². The Kier molecular flexibility index (Phi) is 7.52. The molecule has 0 unspecified atom stereocenters. The lowest BCUT2D eigenvalue weighted by Gasteiger charge is -2.23.